The Labute approximate surface area is 172 Å². The summed E-state index contributed by atoms with van der Waals surface area (Å²) in [5.41, 5.74) is 2.40. The SMILES string of the molecule is O=C(NCCc1cnc[nH]1)[C@H]1CCCN(C2CCN(Cc3ccncc3)CC2)C1. The number of amides is 1. The summed E-state index contributed by atoms with van der Waals surface area (Å²) in [4.78, 5) is 28.9. The molecule has 0 radical (unpaired) electrons. The van der Waals surface area contributed by atoms with E-state index in [-0.39, 0.29) is 11.8 Å². The summed E-state index contributed by atoms with van der Waals surface area (Å²) < 4.78 is 0. The Morgan fingerprint density at radius 1 is 1.14 bits per heavy atom. The zero-order chi connectivity index (χ0) is 19.9. The van der Waals surface area contributed by atoms with Gasteiger partial charge in [-0.3, -0.25) is 19.6 Å². The minimum Gasteiger partial charge on any atom is -0.355 e. The van der Waals surface area contributed by atoms with Crippen LogP contribution in [0.3, 0.4) is 0 Å². The molecule has 4 heterocycles. The number of imidazole rings is 1. The van der Waals surface area contributed by atoms with Crippen LogP contribution in [0.4, 0.5) is 0 Å². The van der Waals surface area contributed by atoms with Gasteiger partial charge in [0.05, 0.1) is 12.2 Å². The standard InChI is InChI=1S/C22H32N6O/c29-22(25-10-5-20-14-24-17-26-20)19-2-1-11-28(16-19)21-6-12-27(13-7-21)15-18-3-8-23-9-4-18/h3-4,8-9,14,17,19,21H,1-2,5-7,10-13,15-16H2,(H,24,26)(H,25,29)/t19-/m0/s1. The average Bonchev–Trinajstić information content (AvgIpc) is 3.29. The number of nitrogens with one attached hydrogen (secondary N) is 2. The second-order valence-electron chi connectivity index (χ2n) is 8.31. The Balaban J connectivity index is 1.20. The zero-order valence-electron chi connectivity index (χ0n) is 17.1. The number of aromatic nitrogens is 3. The largest absolute Gasteiger partial charge is 0.355 e. The lowest BCUT2D eigenvalue weighted by Crippen LogP contribution is -2.50. The van der Waals surface area contributed by atoms with Crippen molar-refractivity contribution in [1.82, 2.24) is 30.1 Å². The summed E-state index contributed by atoms with van der Waals surface area (Å²) in [7, 11) is 0. The van der Waals surface area contributed by atoms with Crippen molar-refractivity contribution in [3.05, 3.63) is 48.3 Å². The molecule has 2 aromatic rings. The molecule has 0 aliphatic carbocycles. The van der Waals surface area contributed by atoms with E-state index in [4.69, 9.17) is 0 Å². The molecular weight excluding hydrogens is 364 g/mol. The number of nitrogens with zero attached hydrogens (tertiary/aromatic N) is 4. The molecular formula is C22H32N6O. The highest BCUT2D eigenvalue weighted by molar-refractivity contribution is 5.78. The lowest BCUT2D eigenvalue weighted by molar-refractivity contribution is -0.127. The van der Waals surface area contributed by atoms with E-state index in [2.05, 4.69) is 42.2 Å². The Kier molecular flexibility index (Phi) is 6.90. The number of hydrogen-bond acceptors (Lipinski definition) is 5. The van der Waals surface area contributed by atoms with Gasteiger partial charge in [-0.2, -0.15) is 0 Å². The maximum absolute atomic E-state index is 12.6. The quantitative estimate of drug-likeness (QED) is 0.747. The van der Waals surface area contributed by atoms with Crippen LogP contribution in [0.1, 0.15) is 36.9 Å². The van der Waals surface area contributed by atoms with E-state index in [1.165, 1.54) is 18.4 Å². The first kappa shape index (κ1) is 20.0. The maximum Gasteiger partial charge on any atom is 0.224 e. The van der Waals surface area contributed by atoms with Crippen LogP contribution in [0.2, 0.25) is 0 Å². The molecule has 2 aliphatic rings. The molecule has 0 saturated carbocycles. The summed E-state index contributed by atoms with van der Waals surface area (Å²) in [6.45, 7) is 5.98. The van der Waals surface area contributed by atoms with Gasteiger partial charge in [-0.05, 0) is 63.0 Å². The second kappa shape index (κ2) is 9.98. The van der Waals surface area contributed by atoms with Crippen molar-refractivity contribution in [3.8, 4) is 0 Å². The fourth-order valence-corrected chi connectivity index (χ4v) is 4.63. The topological polar surface area (TPSA) is 77.2 Å². The fourth-order valence-electron chi connectivity index (χ4n) is 4.63. The first-order chi connectivity index (χ1) is 14.3. The molecule has 7 heteroatoms. The molecule has 0 unspecified atom stereocenters. The van der Waals surface area contributed by atoms with Crippen molar-refractivity contribution >= 4 is 5.91 Å². The van der Waals surface area contributed by atoms with Gasteiger partial charge >= 0.3 is 0 Å². The average molecular weight is 397 g/mol. The summed E-state index contributed by atoms with van der Waals surface area (Å²) in [5.74, 6) is 0.338. The highest BCUT2D eigenvalue weighted by Crippen LogP contribution is 2.24. The second-order valence-corrected chi connectivity index (χ2v) is 8.31. The third kappa shape index (κ3) is 5.64. The van der Waals surface area contributed by atoms with Gasteiger partial charge in [-0.15, -0.1) is 0 Å². The minimum atomic E-state index is 0.125. The number of pyridine rings is 1. The normalized spacial score (nSPS) is 21.9. The number of rotatable bonds is 7. The van der Waals surface area contributed by atoms with Gasteiger partial charge < -0.3 is 10.3 Å². The van der Waals surface area contributed by atoms with E-state index in [0.717, 1.165) is 57.7 Å². The molecule has 2 saturated heterocycles. The monoisotopic (exact) mass is 396 g/mol. The number of carbonyl (C=O) groups excluding carboxylic acids is 1. The van der Waals surface area contributed by atoms with Gasteiger partial charge in [0.25, 0.3) is 0 Å². The number of H-pyrrole nitrogens is 1. The van der Waals surface area contributed by atoms with E-state index in [0.29, 0.717) is 12.6 Å². The van der Waals surface area contributed by atoms with Crippen LogP contribution in [0.5, 0.6) is 0 Å². The molecule has 0 aromatic carbocycles. The van der Waals surface area contributed by atoms with E-state index < -0.39 is 0 Å². The van der Waals surface area contributed by atoms with E-state index in [9.17, 15) is 4.79 Å². The Hall–Kier alpha value is -2.25. The molecule has 2 fully saturated rings. The molecule has 29 heavy (non-hydrogen) atoms. The zero-order valence-corrected chi connectivity index (χ0v) is 17.1. The molecule has 7 nitrogen and oxygen atoms in total. The number of hydrogen-bond donors (Lipinski definition) is 2. The van der Waals surface area contributed by atoms with Crippen molar-refractivity contribution in [2.45, 2.75) is 44.7 Å². The summed E-state index contributed by atoms with van der Waals surface area (Å²) in [6.07, 6.45) is 12.6. The van der Waals surface area contributed by atoms with E-state index in [1.807, 2.05) is 18.6 Å². The predicted molar refractivity (Wildman–Crippen MR) is 112 cm³/mol. The third-order valence-corrected chi connectivity index (χ3v) is 6.30. The summed E-state index contributed by atoms with van der Waals surface area (Å²) in [6, 6.07) is 4.82. The van der Waals surface area contributed by atoms with E-state index in [1.54, 1.807) is 6.33 Å². The highest BCUT2D eigenvalue weighted by Gasteiger charge is 2.31. The van der Waals surface area contributed by atoms with Crippen molar-refractivity contribution in [2.24, 2.45) is 5.92 Å². The van der Waals surface area contributed by atoms with Gasteiger partial charge in [0.1, 0.15) is 0 Å². The molecule has 2 aliphatic heterocycles. The Morgan fingerprint density at radius 3 is 2.72 bits per heavy atom. The van der Waals surface area contributed by atoms with Gasteiger partial charge in [0, 0.05) is 56.4 Å². The van der Waals surface area contributed by atoms with Crippen molar-refractivity contribution in [2.75, 3.05) is 32.7 Å². The number of piperidine rings is 2. The van der Waals surface area contributed by atoms with Crippen molar-refractivity contribution < 1.29 is 4.79 Å². The van der Waals surface area contributed by atoms with Gasteiger partial charge in [0.2, 0.25) is 5.91 Å². The van der Waals surface area contributed by atoms with Gasteiger partial charge in [-0.1, -0.05) is 0 Å². The van der Waals surface area contributed by atoms with Crippen molar-refractivity contribution in [1.29, 1.82) is 0 Å². The lowest BCUT2D eigenvalue weighted by Gasteiger charge is -2.42. The van der Waals surface area contributed by atoms with Crippen LogP contribution in [-0.2, 0) is 17.8 Å². The van der Waals surface area contributed by atoms with Crippen molar-refractivity contribution in [3.63, 3.8) is 0 Å². The van der Waals surface area contributed by atoms with E-state index >= 15 is 0 Å². The fraction of sp³-hybridized carbons (Fsp3) is 0.591. The maximum atomic E-state index is 12.6. The third-order valence-electron chi connectivity index (χ3n) is 6.30. The van der Waals surface area contributed by atoms with Crippen LogP contribution in [-0.4, -0.2) is 69.4 Å². The smallest absolute Gasteiger partial charge is 0.224 e. The molecule has 2 N–H and O–H groups in total. The minimum absolute atomic E-state index is 0.125. The first-order valence-electron chi connectivity index (χ1n) is 10.9. The summed E-state index contributed by atoms with van der Waals surface area (Å²) in [5, 5.41) is 3.12. The molecule has 4 rings (SSSR count). The van der Waals surface area contributed by atoms with Crippen LogP contribution in [0.25, 0.3) is 0 Å². The highest BCUT2D eigenvalue weighted by atomic mass is 16.1. The number of likely N-dealkylation sites (tertiary alicyclic amines) is 2. The Bertz CT molecular complexity index is 742. The molecule has 0 bridgehead atoms. The predicted octanol–water partition coefficient (Wildman–Crippen LogP) is 1.84. The van der Waals surface area contributed by atoms with Crippen LogP contribution < -0.4 is 5.32 Å². The van der Waals surface area contributed by atoms with Gasteiger partial charge in [0.15, 0.2) is 0 Å². The van der Waals surface area contributed by atoms with Gasteiger partial charge in [-0.25, -0.2) is 4.98 Å². The van der Waals surface area contributed by atoms with Crippen LogP contribution in [0.15, 0.2) is 37.1 Å². The number of aromatic amines is 1. The number of carbonyl (C=O) groups is 1. The molecule has 1 atom stereocenters. The van der Waals surface area contributed by atoms with Crippen LogP contribution in [0, 0.1) is 5.92 Å². The first-order valence-corrected chi connectivity index (χ1v) is 10.9. The lowest BCUT2D eigenvalue weighted by atomic mass is 9.93. The molecule has 156 valence electrons. The molecule has 2 aromatic heterocycles. The molecule has 1 amide bonds. The summed E-state index contributed by atoms with van der Waals surface area (Å²) >= 11 is 0. The Morgan fingerprint density at radius 2 is 1.97 bits per heavy atom. The molecule has 0 spiro atoms. The van der Waals surface area contributed by atoms with Crippen LogP contribution >= 0.6 is 0 Å².